The third kappa shape index (κ3) is 6.26. The molecule has 0 unspecified atom stereocenters. The van der Waals surface area contributed by atoms with E-state index < -0.39 is 11.8 Å². The molecule has 0 bridgehead atoms. The van der Waals surface area contributed by atoms with Crippen LogP contribution in [0.3, 0.4) is 0 Å². The second kappa shape index (κ2) is 9.69. The average molecular weight is 364 g/mol. The van der Waals surface area contributed by atoms with Crippen LogP contribution in [0, 0.1) is 0 Å². The van der Waals surface area contributed by atoms with Gasteiger partial charge in [-0.15, -0.1) is 0 Å². The van der Waals surface area contributed by atoms with Crippen molar-refractivity contribution >= 4 is 29.5 Å². The molecular formula is C20H20N4O3. The van der Waals surface area contributed by atoms with Crippen molar-refractivity contribution in [3.05, 3.63) is 83.6 Å². The lowest BCUT2D eigenvalue weighted by molar-refractivity contribution is -0.118. The number of amides is 3. The summed E-state index contributed by atoms with van der Waals surface area (Å²) >= 11 is 0. The van der Waals surface area contributed by atoms with Gasteiger partial charge in [-0.1, -0.05) is 42.5 Å². The highest BCUT2D eigenvalue weighted by Gasteiger charge is 2.13. The third-order valence-electron chi connectivity index (χ3n) is 3.44. The highest BCUT2D eigenvalue weighted by Crippen LogP contribution is 2.10. The number of allylic oxidation sites excluding steroid dienone is 2. The van der Waals surface area contributed by atoms with Crippen LogP contribution in [0.1, 0.15) is 22.8 Å². The van der Waals surface area contributed by atoms with E-state index in [9.17, 15) is 14.4 Å². The Balaban J connectivity index is 2.11. The van der Waals surface area contributed by atoms with E-state index >= 15 is 0 Å². The molecule has 2 rings (SSSR count). The first-order chi connectivity index (χ1) is 13.0. The highest BCUT2D eigenvalue weighted by atomic mass is 16.2. The third-order valence-corrected chi connectivity index (χ3v) is 3.44. The summed E-state index contributed by atoms with van der Waals surface area (Å²) in [5.41, 5.74) is 3.84. The van der Waals surface area contributed by atoms with Gasteiger partial charge in [0.1, 0.15) is 5.70 Å². The van der Waals surface area contributed by atoms with Gasteiger partial charge in [0.05, 0.1) is 0 Å². The Labute approximate surface area is 156 Å². The first kappa shape index (κ1) is 19.6. The second-order valence-corrected chi connectivity index (χ2v) is 5.54. The Morgan fingerprint density at radius 1 is 0.963 bits per heavy atom. The molecule has 2 aromatic carbocycles. The zero-order chi connectivity index (χ0) is 19.6. The van der Waals surface area contributed by atoms with Crippen LogP contribution < -0.4 is 21.9 Å². The van der Waals surface area contributed by atoms with Crippen LogP contribution in [0.2, 0.25) is 0 Å². The molecule has 0 fully saturated rings. The van der Waals surface area contributed by atoms with Gasteiger partial charge < -0.3 is 10.6 Å². The minimum Gasteiger partial charge on any atom is -0.326 e. The van der Waals surface area contributed by atoms with E-state index in [1.165, 1.54) is 13.0 Å². The van der Waals surface area contributed by atoms with Crippen LogP contribution in [-0.4, -0.2) is 17.7 Å². The molecule has 2 aromatic rings. The molecule has 0 heterocycles. The molecule has 0 saturated heterocycles. The highest BCUT2D eigenvalue weighted by molar-refractivity contribution is 6.03. The largest absolute Gasteiger partial charge is 0.326 e. The summed E-state index contributed by atoms with van der Waals surface area (Å²) in [6, 6.07) is 15.8. The summed E-state index contributed by atoms with van der Waals surface area (Å²) in [5, 5.41) is 5.13. The molecule has 5 N–H and O–H groups in total. The summed E-state index contributed by atoms with van der Waals surface area (Å²) in [7, 11) is 0. The normalized spacial score (nSPS) is 11.1. The standard InChI is InChI=1S/C20H20N4O3/c1-14(25)22-17-12-10-16(11-13-17)19(26)23-18(20(27)24-21)9-5-8-15-6-3-2-4-7-15/h2-13H,21H2,1H3,(H,22,25)(H,23,26)(H,24,27)/b8-5+,18-9+. The van der Waals surface area contributed by atoms with Crippen LogP contribution in [0.5, 0.6) is 0 Å². The van der Waals surface area contributed by atoms with Crippen LogP contribution in [0.15, 0.2) is 72.4 Å². The van der Waals surface area contributed by atoms with E-state index in [0.29, 0.717) is 11.3 Å². The van der Waals surface area contributed by atoms with Crippen molar-refractivity contribution in [1.82, 2.24) is 10.7 Å². The number of carbonyl (C=O) groups excluding carboxylic acids is 3. The zero-order valence-electron chi connectivity index (χ0n) is 14.7. The molecule has 0 spiro atoms. The number of hydrogen-bond acceptors (Lipinski definition) is 4. The second-order valence-electron chi connectivity index (χ2n) is 5.54. The Morgan fingerprint density at radius 3 is 2.22 bits per heavy atom. The quantitative estimate of drug-likeness (QED) is 0.206. The lowest BCUT2D eigenvalue weighted by atomic mass is 10.2. The maximum absolute atomic E-state index is 12.4. The number of hydrogen-bond donors (Lipinski definition) is 4. The monoisotopic (exact) mass is 364 g/mol. The summed E-state index contributed by atoms with van der Waals surface area (Å²) in [5.74, 6) is 3.87. The van der Waals surface area contributed by atoms with Gasteiger partial charge in [-0.25, -0.2) is 5.84 Å². The predicted molar refractivity (Wildman–Crippen MR) is 104 cm³/mol. The minimum atomic E-state index is -0.629. The topological polar surface area (TPSA) is 113 Å². The molecule has 0 atom stereocenters. The van der Waals surface area contributed by atoms with Gasteiger partial charge in [0.2, 0.25) is 5.91 Å². The van der Waals surface area contributed by atoms with Crippen LogP contribution in [0.4, 0.5) is 5.69 Å². The molecule has 0 aliphatic heterocycles. The van der Waals surface area contributed by atoms with Crippen molar-refractivity contribution in [2.24, 2.45) is 5.84 Å². The molecule has 27 heavy (non-hydrogen) atoms. The summed E-state index contributed by atoms with van der Waals surface area (Å²) < 4.78 is 0. The minimum absolute atomic E-state index is 0.000573. The van der Waals surface area contributed by atoms with Crippen LogP contribution in [-0.2, 0) is 9.59 Å². The van der Waals surface area contributed by atoms with Gasteiger partial charge >= 0.3 is 0 Å². The maximum Gasteiger partial charge on any atom is 0.281 e. The molecular weight excluding hydrogens is 344 g/mol. The van der Waals surface area contributed by atoms with E-state index in [1.54, 1.807) is 36.4 Å². The molecule has 0 saturated carbocycles. The van der Waals surface area contributed by atoms with Crippen LogP contribution in [0.25, 0.3) is 6.08 Å². The van der Waals surface area contributed by atoms with E-state index in [4.69, 9.17) is 5.84 Å². The van der Waals surface area contributed by atoms with Crippen molar-refractivity contribution in [1.29, 1.82) is 0 Å². The van der Waals surface area contributed by atoms with Gasteiger partial charge in [0.15, 0.2) is 0 Å². The molecule has 138 valence electrons. The smallest absolute Gasteiger partial charge is 0.281 e. The van der Waals surface area contributed by atoms with E-state index in [0.717, 1.165) is 5.56 Å². The number of hydrazine groups is 1. The molecule has 7 heteroatoms. The molecule has 0 aromatic heterocycles. The summed E-state index contributed by atoms with van der Waals surface area (Å²) in [6.07, 6.45) is 4.89. The first-order valence-corrected chi connectivity index (χ1v) is 8.13. The Kier molecular flexibility index (Phi) is 7.04. The van der Waals surface area contributed by atoms with E-state index in [-0.39, 0.29) is 11.6 Å². The number of carbonyl (C=O) groups is 3. The molecule has 7 nitrogen and oxygen atoms in total. The van der Waals surface area contributed by atoms with Gasteiger partial charge in [-0.05, 0) is 35.9 Å². The van der Waals surface area contributed by atoms with Crippen molar-refractivity contribution < 1.29 is 14.4 Å². The maximum atomic E-state index is 12.4. The Hall–Kier alpha value is -3.71. The van der Waals surface area contributed by atoms with Gasteiger partial charge in [0.25, 0.3) is 11.8 Å². The molecule has 0 aliphatic rings. The summed E-state index contributed by atoms with van der Waals surface area (Å²) in [6.45, 7) is 1.39. The SMILES string of the molecule is CC(=O)Nc1ccc(C(=O)N/C(=C/C=C/c2ccccc2)C(=O)NN)cc1. The van der Waals surface area contributed by atoms with E-state index in [2.05, 4.69) is 10.6 Å². The number of anilines is 1. The van der Waals surface area contributed by atoms with Crippen molar-refractivity contribution in [3.8, 4) is 0 Å². The lowest BCUT2D eigenvalue weighted by Gasteiger charge is -2.09. The van der Waals surface area contributed by atoms with E-state index in [1.807, 2.05) is 35.8 Å². The fourth-order valence-electron chi connectivity index (χ4n) is 2.17. The van der Waals surface area contributed by atoms with Crippen molar-refractivity contribution in [2.45, 2.75) is 6.92 Å². The first-order valence-electron chi connectivity index (χ1n) is 8.13. The number of rotatable bonds is 6. The molecule has 0 radical (unpaired) electrons. The predicted octanol–water partition coefficient (Wildman–Crippen LogP) is 1.96. The Bertz CT molecular complexity index is 872. The number of benzene rings is 2. The fraction of sp³-hybridized carbons (Fsp3) is 0.0500. The zero-order valence-corrected chi connectivity index (χ0v) is 14.7. The van der Waals surface area contributed by atoms with Crippen molar-refractivity contribution in [3.63, 3.8) is 0 Å². The fourth-order valence-corrected chi connectivity index (χ4v) is 2.17. The van der Waals surface area contributed by atoms with Gasteiger partial charge in [-0.3, -0.25) is 19.8 Å². The Morgan fingerprint density at radius 2 is 1.63 bits per heavy atom. The van der Waals surface area contributed by atoms with Gasteiger partial charge in [-0.2, -0.15) is 0 Å². The number of nitrogens with one attached hydrogen (secondary N) is 3. The average Bonchev–Trinajstić information content (AvgIpc) is 2.67. The molecule has 3 amide bonds. The van der Waals surface area contributed by atoms with Crippen LogP contribution >= 0.6 is 0 Å². The van der Waals surface area contributed by atoms with Gasteiger partial charge in [0, 0.05) is 18.2 Å². The summed E-state index contributed by atoms with van der Waals surface area (Å²) in [4.78, 5) is 35.3. The van der Waals surface area contributed by atoms with Crippen molar-refractivity contribution in [2.75, 3.05) is 5.32 Å². The molecule has 0 aliphatic carbocycles. The number of nitrogens with two attached hydrogens (primary N) is 1. The lowest BCUT2D eigenvalue weighted by Crippen LogP contribution is -2.38.